The lowest BCUT2D eigenvalue weighted by atomic mass is 10.3. The molecule has 0 aliphatic carbocycles. The zero-order valence-electron chi connectivity index (χ0n) is 14.3. The van der Waals surface area contributed by atoms with Gasteiger partial charge < -0.3 is 15.4 Å². The third-order valence-electron chi connectivity index (χ3n) is 3.47. The molecule has 0 fully saturated rings. The van der Waals surface area contributed by atoms with Crippen LogP contribution in [0.25, 0.3) is 0 Å². The third-order valence-corrected chi connectivity index (χ3v) is 3.47. The maximum absolute atomic E-state index is 12.2. The summed E-state index contributed by atoms with van der Waals surface area (Å²) in [4.78, 5) is 24.5. The summed E-state index contributed by atoms with van der Waals surface area (Å²) in [6.45, 7) is 2.23. The van der Waals surface area contributed by atoms with Crippen LogP contribution < -0.4 is 15.4 Å². The normalized spacial score (nSPS) is 11.4. The van der Waals surface area contributed by atoms with Crippen molar-refractivity contribution in [1.82, 2.24) is 20.3 Å². The first kappa shape index (κ1) is 17.3. The van der Waals surface area contributed by atoms with E-state index >= 15 is 0 Å². The molecule has 1 amide bonds. The van der Waals surface area contributed by atoms with Crippen LogP contribution in [-0.2, 0) is 0 Å². The van der Waals surface area contributed by atoms with Crippen LogP contribution in [0.3, 0.4) is 0 Å². The highest BCUT2D eigenvalue weighted by Gasteiger charge is 2.10. The minimum atomic E-state index is -0.252. The lowest BCUT2D eigenvalue weighted by molar-refractivity contribution is 0.0931. The number of carbonyl (C=O) groups is 1. The van der Waals surface area contributed by atoms with Gasteiger partial charge in [0.05, 0.1) is 18.3 Å². The van der Waals surface area contributed by atoms with E-state index in [9.17, 15) is 4.79 Å². The summed E-state index contributed by atoms with van der Waals surface area (Å²) in [6.07, 6.45) is 6.09. The highest BCUT2D eigenvalue weighted by molar-refractivity contribution is 5.93. The maximum Gasteiger partial charge on any atom is 0.254 e. The Morgan fingerprint density at radius 3 is 2.54 bits per heavy atom. The van der Waals surface area contributed by atoms with E-state index < -0.39 is 0 Å². The molecule has 0 bridgehead atoms. The zero-order valence-corrected chi connectivity index (χ0v) is 14.3. The molecular formula is C19H19N5O2. The summed E-state index contributed by atoms with van der Waals surface area (Å²) >= 11 is 0. The number of amides is 1. The van der Waals surface area contributed by atoms with Crippen molar-refractivity contribution in [2.45, 2.75) is 13.0 Å². The first-order valence-corrected chi connectivity index (χ1v) is 8.20. The molecule has 3 aromatic rings. The number of rotatable bonds is 7. The van der Waals surface area contributed by atoms with Crippen molar-refractivity contribution in [1.29, 1.82) is 0 Å². The molecule has 0 aliphatic heterocycles. The summed E-state index contributed by atoms with van der Waals surface area (Å²) in [7, 11) is 0. The smallest absolute Gasteiger partial charge is 0.254 e. The fraction of sp³-hybridized carbons (Fsp3) is 0.158. The van der Waals surface area contributed by atoms with E-state index in [1.807, 2.05) is 43.3 Å². The minimum absolute atomic E-state index is 0.192. The second-order valence-corrected chi connectivity index (χ2v) is 5.61. The average Bonchev–Trinajstić information content (AvgIpc) is 2.68. The monoisotopic (exact) mass is 349 g/mol. The standard InChI is InChI=1S/C19H19N5O2/c1-14(26-17-8-5-9-20-13-17)10-21-18(25)15-11-22-19(23-12-15)24-16-6-3-2-4-7-16/h2-9,11-14H,10H2,1H3,(H,21,25)(H,22,23,24). The predicted molar refractivity (Wildman–Crippen MR) is 98.4 cm³/mol. The first-order valence-electron chi connectivity index (χ1n) is 8.20. The molecule has 0 saturated heterocycles. The van der Waals surface area contributed by atoms with Gasteiger partial charge in [0.25, 0.3) is 5.91 Å². The number of benzene rings is 1. The van der Waals surface area contributed by atoms with Gasteiger partial charge in [-0.15, -0.1) is 0 Å². The molecule has 2 heterocycles. The van der Waals surface area contributed by atoms with E-state index in [0.29, 0.717) is 23.8 Å². The highest BCUT2D eigenvalue weighted by atomic mass is 16.5. The van der Waals surface area contributed by atoms with Gasteiger partial charge in [0, 0.05) is 24.3 Å². The van der Waals surface area contributed by atoms with Gasteiger partial charge in [-0.05, 0) is 31.2 Å². The minimum Gasteiger partial charge on any atom is -0.487 e. The lowest BCUT2D eigenvalue weighted by Crippen LogP contribution is -2.33. The number of para-hydroxylation sites is 1. The third kappa shape index (κ3) is 5.01. The van der Waals surface area contributed by atoms with E-state index in [2.05, 4.69) is 25.6 Å². The van der Waals surface area contributed by atoms with Crippen molar-refractivity contribution < 1.29 is 9.53 Å². The number of anilines is 2. The number of pyridine rings is 1. The van der Waals surface area contributed by atoms with Crippen LogP contribution in [0, 0.1) is 0 Å². The van der Waals surface area contributed by atoms with Gasteiger partial charge in [-0.1, -0.05) is 18.2 Å². The average molecular weight is 349 g/mol. The van der Waals surface area contributed by atoms with Gasteiger partial charge in [0.15, 0.2) is 0 Å². The van der Waals surface area contributed by atoms with E-state index in [1.54, 1.807) is 18.5 Å². The van der Waals surface area contributed by atoms with Crippen LogP contribution in [0.2, 0.25) is 0 Å². The molecule has 3 rings (SSSR count). The van der Waals surface area contributed by atoms with Gasteiger partial charge >= 0.3 is 0 Å². The summed E-state index contributed by atoms with van der Waals surface area (Å²) < 4.78 is 5.67. The highest BCUT2D eigenvalue weighted by Crippen LogP contribution is 2.11. The van der Waals surface area contributed by atoms with Crippen LogP contribution in [0.15, 0.2) is 67.3 Å². The van der Waals surface area contributed by atoms with E-state index in [-0.39, 0.29) is 12.0 Å². The van der Waals surface area contributed by atoms with E-state index in [1.165, 1.54) is 12.4 Å². The second kappa shape index (κ2) is 8.57. The summed E-state index contributed by atoms with van der Waals surface area (Å²) in [6, 6.07) is 13.2. The summed E-state index contributed by atoms with van der Waals surface area (Å²) in [5.41, 5.74) is 1.27. The fourth-order valence-electron chi connectivity index (χ4n) is 2.19. The van der Waals surface area contributed by atoms with Crippen LogP contribution in [0.5, 0.6) is 5.75 Å². The fourth-order valence-corrected chi connectivity index (χ4v) is 2.19. The SMILES string of the molecule is CC(CNC(=O)c1cnc(Nc2ccccc2)nc1)Oc1cccnc1. The Kier molecular flexibility index (Phi) is 5.72. The number of aromatic nitrogens is 3. The van der Waals surface area contributed by atoms with Gasteiger partial charge in [0.1, 0.15) is 11.9 Å². The van der Waals surface area contributed by atoms with E-state index in [4.69, 9.17) is 4.74 Å². The number of nitrogens with zero attached hydrogens (tertiary/aromatic N) is 3. The van der Waals surface area contributed by atoms with Crippen molar-refractivity contribution in [3.05, 3.63) is 72.8 Å². The Labute approximate surface area is 151 Å². The van der Waals surface area contributed by atoms with Gasteiger partial charge in [-0.3, -0.25) is 9.78 Å². The van der Waals surface area contributed by atoms with Crippen molar-refractivity contribution in [3.8, 4) is 5.75 Å². The molecular weight excluding hydrogens is 330 g/mol. The number of ether oxygens (including phenoxy) is 1. The van der Waals surface area contributed by atoms with Gasteiger partial charge in [-0.25, -0.2) is 9.97 Å². The molecule has 1 unspecified atom stereocenters. The molecule has 7 heteroatoms. The summed E-state index contributed by atoms with van der Waals surface area (Å²) in [5.74, 6) is 0.841. The molecule has 0 spiro atoms. The quantitative estimate of drug-likeness (QED) is 0.682. The second-order valence-electron chi connectivity index (χ2n) is 5.61. The Balaban J connectivity index is 1.50. The molecule has 132 valence electrons. The molecule has 2 aromatic heterocycles. The lowest BCUT2D eigenvalue weighted by Gasteiger charge is -2.15. The zero-order chi connectivity index (χ0) is 18.2. The Bertz CT molecular complexity index is 826. The molecule has 7 nitrogen and oxygen atoms in total. The van der Waals surface area contributed by atoms with Gasteiger partial charge in [-0.2, -0.15) is 0 Å². The molecule has 26 heavy (non-hydrogen) atoms. The van der Waals surface area contributed by atoms with Crippen molar-refractivity contribution in [2.75, 3.05) is 11.9 Å². The predicted octanol–water partition coefficient (Wildman–Crippen LogP) is 2.81. The van der Waals surface area contributed by atoms with Crippen LogP contribution in [0.4, 0.5) is 11.6 Å². The molecule has 2 N–H and O–H groups in total. The number of carbonyl (C=O) groups excluding carboxylic acids is 1. The molecule has 0 radical (unpaired) electrons. The number of hydrogen-bond donors (Lipinski definition) is 2. The van der Waals surface area contributed by atoms with Gasteiger partial charge in [0.2, 0.25) is 5.95 Å². The molecule has 0 saturated carbocycles. The summed E-state index contributed by atoms with van der Waals surface area (Å²) in [5, 5.41) is 5.87. The van der Waals surface area contributed by atoms with Crippen molar-refractivity contribution in [3.63, 3.8) is 0 Å². The molecule has 1 atom stereocenters. The van der Waals surface area contributed by atoms with Crippen LogP contribution in [0.1, 0.15) is 17.3 Å². The largest absolute Gasteiger partial charge is 0.487 e. The Hall–Kier alpha value is -3.48. The Morgan fingerprint density at radius 2 is 1.85 bits per heavy atom. The first-order chi connectivity index (χ1) is 12.7. The van der Waals surface area contributed by atoms with Crippen LogP contribution >= 0.6 is 0 Å². The van der Waals surface area contributed by atoms with Crippen LogP contribution in [-0.4, -0.2) is 33.5 Å². The van der Waals surface area contributed by atoms with Crippen molar-refractivity contribution >= 4 is 17.5 Å². The molecule has 1 aromatic carbocycles. The topological polar surface area (TPSA) is 89.0 Å². The number of nitrogens with one attached hydrogen (secondary N) is 2. The molecule has 0 aliphatic rings. The van der Waals surface area contributed by atoms with Crippen molar-refractivity contribution in [2.24, 2.45) is 0 Å². The maximum atomic E-state index is 12.2. The number of hydrogen-bond acceptors (Lipinski definition) is 6. The van der Waals surface area contributed by atoms with E-state index in [0.717, 1.165) is 5.69 Å². The Morgan fingerprint density at radius 1 is 1.08 bits per heavy atom.